The van der Waals surface area contributed by atoms with E-state index in [2.05, 4.69) is 280 Å². The lowest BCUT2D eigenvalue weighted by Crippen LogP contribution is -2.30. The van der Waals surface area contributed by atoms with Crippen molar-refractivity contribution in [3.05, 3.63) is 316 Å². The molecular weight excluding hydrogens is 867 g/mol. The third-order valence-corrected chi connectivity index (χ3v) is 17.0. The summed E-state index contributed by atoms with van der Waals surface area (Å²) in [5, 5.41) is 0. The van der Waals surface area contributed by atoms with Crippen LogP contribution in [0.15, 0.2) is 261 Å². The monoisotopic (exact) mass is 915 g/mol. The van der Waals surface area contributed by atoms with Crippen molar-refractivity contribution in [2.24, 2.45) is 0 Å². The van der Waals surface area contributed by atoms with E-state index in [4.69, 9.17) is 0 Å². The van der Waals surface area contributed by atoms with Gasteiger partial charge < -0.3 is 4.90 Å². The lowest BCUT2D eigenvalue weighted by molar-refractivity contribution is 0.660. The second-order valence-electron chi connectivity index (χ2n) is 20.6. The molecule has 4 aliphatic rings. The highest BCUT2D eigenvalue weighted by Crippen LogP contribution is 2.64. The van der Waals surface area contributed by atoms with Crippen LogP contribution in [0.4, 0.5) is 17.1 Å². The molecule has 0 N–H and O–H groups in total. The van der Waals surface area contributed by atoms with Crippen molar-refractivity contribution in [1.82, 2.24) is 0 Å². The molecule has 4 aliphatic carbocycles. The fourth-order valence-corrected chi connectivity index (χ4v) is 14.2. The average molecular weight is 916 g/mol. The molecule has 0 fully saturated rings. The quantitative estimate of drug-likeness (QED) is 0.166. The molecule has 11 aromatic carbocycles. The molecule has 1 heteroatoms. The molecule has 0 bridgehead atoms. The van der Waals surface area contributed by atoms with Gasteiger partial charge in [0.25, 0.3) is 0 Å². The molecule has 15 rings (SSSR count). The number of fused-ring (bicyclic) bond motifs is 18. The van der Waals surface area contributed by atoms with Crippen molar-refractivity contribution in [3.63, 3.8) is 0 Å². The van der Waals surface area contributed by atoms with E-state index in [1.165, 1.54) is 117 Å². The second kappa shape index (κ2) is 15.1. The van der Waals surface area contributed by atoms with Crippen LogP contribution < -0.4 is 4.90 Å². The van der Waals surface area contributed by atoms with Crippen LogP contribution in [0.5, 0.6) is 0 Å². The van der Waals surface area contributed by atoms with E-state index in [9.17, 15) is 0 Å². The molecule has 1 spiro atoms. The van der Waals surface area contributed by atoms with Gasteiger partial charge in [-0.15, -0.1) is 0 Å². The Morgan fingerprint density at radius 2 is 0.583 bits per heavy atom. The number of hydrogen-bond acceptors (Lipinski definition) is 1. The number of anilines is 3. The summed E-state index contributed by atoms with van der Waals surface area (Å²) >= 11 is 0. The molecule has 0 radical (unpaired) electrons. The van der Waals surface area contributed by atoms with Gasteiger partial charge in [0, 0.05) is 16.8 Å². The summed E-state index contributed by atoms with van der Waals surface area (Å²) in [6, 6.07) is 98.9. The third-order valence-electron chi connectivity index (χ3n) is 17.0. The number of rotatable bonds is 5. The summed E-state index contributed by atoms with van der Waals surface area (Å²) in [7, 11) is 0. The molecule has 0 saturated heterocycles. The van der Waals surface area contributed by atoms with Gasteiger partial charge in [-0.25, -0.2) is 0 Å². The van der Waals surface area contributed by atoms with Gasteiger partial charge in [0.15, 0.2) is 0 Å². The van der Waals surface area contributed by atoms with Crippen LogP contribution in [-0.4, -0.2) is 0 Å². The topological polar surface area (TPSA) is 3.24 Å². The summed E-state index contributed by atoms with van der Waals surface area (Å²) in [5.74, 6) is 0. The summed E-state index contributed by atoms with van der Waals surface area (Å²) in [4.78, 5) is 2.61. The minimum atomic E-state index is -0.622. The average Bonchev–Trinajstić information content (AvgIpc) is 3.97. The van der Waals surface area contributed by atoms with Crippen LogP contribution >= 0.6 is 0 Å². The van der Waals surface area contributed by atoms with Gasteiger partial charge in [-0.05, 0) is 142 Å². The minimum absolute atomic E-state index is 0.273. The predicted octanol–water partition coefficient (Wildman–Crippen LogP) is 17.8. The van der Waals surface area contributed by atoms with Crippen molar-refractivity contribution in [1.29, 1.82) is 0 Å². The fourth-order valence-electron chi connectivity index (χ4n) is 14.2. The first kappa shape index (κ1) is 41.0. The molecule has 0 aliphatic heterocycles. The Labute approximate surface area is 422 Å². The molecule has 0 amide bonds. The normalized spacial score (nSPS) is 14.9. The van der Waals surface area contributed by atoms with E-state index in [0.29, 0.717) is 0 Å². The highest BCUT2D eigenvalue weighted by molar-refractivity contribution is 5.99. The Bertz CT molecular complexity index is 3920. The zero-order chi connectivity index (χ0) is 47.8. The lowest BCUT2D eigenvalue weighted by atomic mass is 9.66. The summed E-state index contributed by atoms with van der Waals surface area (Å²) in [6.07, 6.45) is 0. The van der Waals surface area contributed by atoms with E-state index in [1.807, 2.05) is 0 Å². The van der Waals surface area contributed by atoms with E-state index in [-0.39, 0.29) is 5.41 Å². The van der Waals surface area contributed by atoms with Gasteiger partial charge in [0.05, 0.1) is 16.5 Å². The zero-order valence-corrected chi connectivity index (χ0v) is 40.3. The first-order valence-corrected chi connectivity index (χ1v) is 25.4. The van der Waals surface area contributed by atoms with Crippen molar-refractivity contribution < 1.29 is 0 Å². The van der Waals surface area contributed by atoms with Gasteiger partial charge in [-0.3, -0.25) is 0 Å². The van der Waals surface area contributed by atoms with Gasteiger partial charge in [0.1, 0.15) is 0 Å². The molecule has 0 atom stereocenters. The number of benzene rings is 11. The Morgan fingerprint density at radius 1 is 0.250 bits per heavy atom. The Morgan fingerprint density at radius 3 is 1.06 bits per heavy atom. The highest BCUT2D eigenvalue weighted by Gasteiger charge is 2.51. The van der Waals surface area contributed by atoms with Gasteiger partial charge in [-0.1, -0.05) is 244 Å². The molecule has 0 saturated carbocycles. The van der Waals surface area contributed by atoms with E-state index in [0.717, 1.165) is 11.4 Å². The Kier molecular flexibility index (Phi) is 8.62. The number of nitrogens with zero attached hydrogens (tertiary/aromatic N) is 1. The SMILES string of the molecule is CC1(C)c2ccccc2-c2cccc(N(c3ccc4c(c3)C(c3ccccc3)(c3ccccc3)c3ccccc3-4)c3ccc4c(c3)C3(c5ccccc5-c5ccccc5-c5ccccc53)c3ccccc3-4)c21. The highest BCUT2D eigenvalue weighted by atomic mass is 15.1. The van der Waals surface area contributed by atoms with Crippen LogP contribution in [0.2, 0.25) is 0 Å². The second-order valence-corrected chi connectivity index (χ2v) is 20.6. The molecule has 0 unspecified atom stereocenters. The van der Waals surface area contributed by atoms with Crippen molar-refractivity contribution in [3.8, 4) is 55.6 Å². The molecule has 1 nitrogen and oxygen atoms in total. The smallest absolute Gasteiger partial charge is 0.0726 e. The van der Waals surface area contributed by atoms with Crippen molar-refractivity contribution in [2.75, 3.05) is 4.90 Å². The Hall–Kier alpha value is -8.78. The zero-order valence-electron chi connectivity index (χ0n) is 40.3. The fraction of sp³-hybridized carbons (Fsp3) is 0.0704. The summed E-state index contributed by atoms with van der Waals surface area (Å²) < 4.78 is 0. The third kappa shape index (κ3) is 5.27. The van der Waals surface area contributed by atoms with E-state index in [1.54, 1.807) is 0 Å². The van der Waals surface area contributed by atoms with E-state index < -0.39 is 10.8 Å². The standard InChI is InChI=1S/C71H49N/c1-69(2)60-34-16-11-32-56(60)59-33-21-39-67(68(59)69)72(48-40-42-57-54-30-14-17-35-61(54)70(65(57)44-48,46-22-5-3-6-23-46)47-24-7-4-8-25-47)49-41-43-58-55-31-15-20-38-64(55)71(66(58)45-49)62-36-18-12-28-52(62)50-26-9-10-27-51(50)53-29-13-19-37-63(53)71/h3-45H,1-2H3. The molecule has 0 heterocycles. The van der Waals surface area contributed by atoms with Crippen LogP contribution in [0, 0.1) is 0 Å². The minimum Gasteiger partial charge on any atom is -0.310 e. The molecule has 338 valence electrons. The van der Waals surface area contributed by atoms with Gasteiger partial charge in [-0.2, -0.15) is 0 Å². The van der Waals surface area contributed by atoms with E-state index >= 15 is 0 Å². The number of hydrogen-bond donors (Lipinski definition) is 0. The molecule has 72 heavy (non-hydrogen) atoms. The summed E-state index contributed by atoms with van der Waals surface area (Å²) in [6.45, 7) is 4.83. The molecule has 0 aromatic heterocycles. The first-order chi connectivity index (χ1) is 35.5. The molecular formula is C71H49N. The predicted molar refractivity (Wildman–Crippen MR) is 298 cm³/mol. The van der Waals surface area contributed by atoms with Crippen LogP contribution in [0.25, 0.3) is 55.6 Å². The molecule has 11 aromatic rings. The maximum Gasteiger partial charge on any atom is 0.0726 e. The summed E-state index contributed by atoms with van der Waals surface area (Å²) in [5.41, 5.74) is 27.8. The van der Waals surface area contributed by atoms with Crippen LogP contribution in [-0.2, 0) is 16.2 Å². The van der Waals surface area contributed by atoms with Crippen LogP contribution in [0.3, 0.4) is 0 Å². The largest absolute Gasteiger partial charge is 0.310 e. The maximum atomic E-state index is 2.61. The maximum absolute atomic E-state index is 2.61. The van der Waals surface area contributed by atoms with Crippen molar-refractivity contribution >= 4 is 17.1 Å². The lowest BCUT2D eigenvalue weighted by Gasteiger charge is -2.37. The van der Waals surface area contributed by atoms with Crippen molar-refractivity contribution in [2.45, 2.75) is 30.1 Å². The first-order valence-electron chi connectivity index (χ1n) is 25.4. The van der Waals surface area contributed by atoms with Crippen LogP contribution in [0.1, 0.15) is 69.5 Å². The Balaban J connectivity index is 1.05. The van der Waals surface area contributed by atoms with Gasteiger partial charge >= 0.3 is 0 Å². The van der Waals surface area contributed by atoms with Gasteiger partial charge in [0.2, 0.25) is 0 Å².